The number of imidazole rings is 1. The third kappa shape index (κ3) is 4.01. The van der Waals surface area contributed by atoms with Crippen molar-refractivity contribution in [1.82, 2.24) is 18.9 Å². The summed E-state index contributed by atoms with van der Waals surface area (Å²) in [7, 11) is 0. The summed E-state index contributed by atoms with van der Waals surface area (Å²) in [5.74, 6) is -0.414. The van der Waals surface area contributed by atoms with E-state index in [-0.39, 0.29) is 41.9 Å². The van der Waals surface area contributed by atoms with Crippen LogP contribution in [-0.4, -0.2) is 37.8 Å². The van der Waals surface area contributed by atoms with E-state index in [9.17, 15) is 27.6 Å². The molecule has 0 spiro atoms. The van der Waals surface area contributed by atoms with Gasteiger partial charge in [0.1, 0.15) is 0 Å². The zero-order valence-electron chi connectivity index (χ0n) is 17.7. The van der Waals surface area contributed by atoms with Crippen LogP contribution in [0.5, 0.6) is 0 Å². The molecule has 0 saturated heterocycles. The lowest BCUT2D eigenvalue weighted by Gasteiger charge is -2.16. The average Bonchev–Trinajstić information content (AvgIpc) is 3.36. The Morgan fingerprint density at radius 2 is 2.06 bits per heavy atom. The van der Waals surface area contributed by atoms with Gasteiger partial charge in [-0.1, -0.05) is 0 Å². The monoisotopic (exact) mass is 460 g/mol. The molecule has 172 valence electrons. The van der Waals surface area contributed by atoms with Crippen molar-refractivity contribution < 1.29 is 27.5 Å². The minimum absolute atomic E-state index is 0.00524. The Morgan fingerprint density at radius 1 is 1.30 bits per heavy atom. The van der Waals surface area contributed by atoms with Gasteiger partial charge in [-0.3, -0.25) is 18.8 Å². The van der Waals surface area contributed by atoms with Gasteiger partial charge in [0, 0.05) is 30.1 Å². The highest BCUT2D eigenvalue weighted by Gasteiger charge is 2.35. The van der Waals surface area contributed by atoms with E-state index in [0.717, 1.165) is 6.07 Å². The first kappa shape index (κ1) is 22.3. The molecule has 1 aromatic carbocycles. The van der Waals surface area contributed by atoms with Crippen molar-refractivity contribution in [3.05, 3.63) is 63.5 Å². The number of aromatic amines is 1. The van der Waals surface area contributed by atoms with Gasteiger partial charge in [0.05, 0.1) is 41.0 Å². The number of hydrogen-bond acceptors (Lipinski definition) is 5. The normalized spacial score (nSPS) is 11.9. The number of alkyl halides is 3. The van der Waals surface area contributed by atoms with Crippen molar-refractivity contribution in [1.29, 1.82) is 0 Å². The van der Waals surface area contributed by atoms with E-state index in [1.807, 2.05) is 0 Å². The summed E-state index contributed by atoms with van der Waals surface area (Å²) in [6.45, 7) is 3.61. The number of H-pyrrole nitrogens is 1. The molecule has 0 aliphatic rings. The van der Waals surface area contributed by atoms with Gasteiger partial charge >= 0.3 is 12.1 Å². The number of benzene rings is 1. The number of carbonyl (C=O) groups is 2. The first-order valence-electron chi connectivity index (χ1n) is 10.1. The van der Waals surface area contributed by atoms with E-state index >= 15 is 0 Å². The first-order chi connectivity index (χ1) is 15.6. The molecule has 0 aliphatic heterocycles. The minimum atomic E-state index is -4.71. The molecule has 0 bridgehead atoms. The molecule has 8 nitrogen and oxygen atoms in total. The topological polar surface area (TPSA) is 98.5 Å². The molecule has 0 radical (unpaired) electrons. The van der Waals surface area contributed by atoms with Crippen LogP contribution in [0.1, 0.15) is 40.7 Å². The number of fused-ring (bicyclic) bond motifs is 3. The van der Waals surface area contributed by atoms with Gasteiger partial charge in [-0.05, 0) is 32.0 Å². The Balaban J connectivity index is 1.96. The Labute approximate surface area is 184 Å². The molecule has 0 amide bonds. The van der Waals surface area contributed by atoms with Gasteiger partial charge < -0.3 is 14.3 Å². The summed E-state index contributed by atoms with van der Waals surface area (Å²) in [5, 5.41) is 0. The van der Waals surface area contributed by atoms with Gasteiger partial charge in [-0.15, -0.1) is 0 Å². The number of aryl methyl sites for hydroxylation is 2. The Bertz CT molecular complexity index is 1450. The number of ether oxygens (including phenoxy) is 1. The first-order valence-corrected chi connectivity index (χ1v) is 10.1. The van der Waals surface area contributed by atoms with Crippen molar-refractivity contribution in [2.45, 2.75) is 32.9 Å². The van der Waals surface area contributed by atoms with Crippen molar-refractivity contribution >= 4 is 28.9 Å². The quantitative estimate of drug-likeness (QED) is 0.350. The van der Waals surface area contributed by atoms with E-state index in [0.29, 0.717) is 23.2 Å². The van der Waals surface area contributed by atoms with Crippen LogP contribution in [0.3, 0.4) is 0 Å². The van der Waals surface area contributed by atoms with Gasteiger partial charge in [0.15, 0.2) is 6.29 Å². The molecular formula is C22H19F3N4O4. The number of nitrogens with one attached hydrogen (secondary N) is 1. The highest BCUT2D eigenvalue weighted by Crippen LogP contribution is 2.36. The number of rotatable bonds is 6. The maximum Gasteiger partial charge on any atom is 0.418 e. The van der Waals surface area contributed by atoms with Crippen LogP contribution in [0, 0.1) is 6.92 Å². The summed E-state index contributed by atoms with van der Waals surface area (Å²) in [6.07, 6.45) is -1.27. The fourth-order valence-corrected chi connectivity index (χ4v) is 3.80. The molecule has 4 aromatic rings. The van der Waals surface area contributed by atoms with Crippen molar-refractivity contribution in [2.75, 3.05) is 6.61 Å². The molecular weight excluding hydrogens is 441 g/mol. The number of carbonyl (C=O) groups excluding carboxylic acids is 2. The largest absolute Gasteiger partial charge is 0.466 e. The van der Waals surface area contributed by atoms with E-state index < -0.39 is 23.3 Å². The molecule has 3 heterocycles. The van der Waals surface area contributed by atoms with E-state index in [4.69, 9.17) is 4.74 Å². The fourth-order valence-electron chi connectivity index (χ4n) is 3.80. The summed E-state index contributed by atoms with van der Waals surface area (Å²) in [4.78, 5) is 42.2. The fraction of sp³-hybridized carbons (Fsp3) is 0.273. The Morgan fingerprint density at radius 3 is 2.70 bits per heavy atom. The molecule has 0 unspecified atom stereocenters. The second-order valence-electron chi connectivity index (χ2n) is 7.42. The van der Waals surface area contributed by atoms with E-state index in [1.54, 1.807) is 13.8 Å². The van der Waals surface area contributed by atoms with Gasteiger partial charge in [-0.2, -0.15) is 13.2 Å². The maximum absolute atomic E-state index is 13.8. The molecule has 4 rings (SSSR count). The van der Waals surface area contributed by atoms with E-state index in [1.165, 1.54) is 33.5 Å². The predicted molar refractivity (Wildman–Crippen MR) is 113 cm³/mol. The third-order valence-corrected chi connectivity index (χ3v) is 5.32. The second-order valence-corrected chi connectivity index (χ2v) is 7.42. The Kier molecular flexibility index (Phi) is 5.56. The molecule has 0 saturated carbocycles. The second kappa shape index (κ2) is 8.23. The lowest BCUT2D eigenvalue weighted by Crippen LogP contribution is -2.15. The van der Waals surface area contributed by atoms with Crippen LogP contribution in [0.4, 0.5) is 13.2 Å². The maximum atomic E-state index is 13.8. The minimum Gasteiger partial charge on any atom is -0.466 e. The third-order valence-electron chi connectivity index (χ3n) is 5.32. The number of hydrogen-bond donors (Lipinski definition) is 1. The number of aldehydes is 1. The van der Waals surface area contributed by atoms with Gasteiger partial charge in [-0.25, -0.2) is 4.98 Å². The number of aromatic nitrogens is 4. The number of halogens is 3. The van der Waals surface area contributed by atoms with Crippen LogP contribution in [0.2, 0.25) is 0 Å². The van der Waals surface area contributed by atoms with Crippen molar-refractivity contribution in [3.8, 4) is 5.69 Å². The van der Waals surface area contributed by atoms with Gasteiger partial charge in [0.25, 0.3) is 5.56 Å². The van der Waals surface area contributed by atoms with Crippen molar-refractivity contribution in [2.24, 2.45) is 0 Å². The smallest absolute Gasteiger partial charge is 0.418 e. The zero-order valence-corrected chi connectivity index (χ0v) is 17.7. The number of esters is 1. The summed E-state index contributed by atoms with van der Waals surface area (Å²) in [6, 6.07) is 3.55. The zero-order chi connectivity index (χ0) is 23.9. The highest BCUT2D eigenvalue weighted by molar-refractivity contribution is 5.82. The molecule has 1 N–H and O–H groups in total. The van der Waals surface area contributed by atoms with Crippen LogP contribution < -0.4 is 5.56 Å². The molecule has 11 heteroatoms. The highest BCUT2D eigenvalue weighted by atomic mass is 19.4. The van der Waals surface area contributed by atoms with Gasteiger partial charge in [0.2, 0.25) is 5.65 Å². The molecule has 0 aliphatic carbocycles. The van der Waals surface area contributed by atoms with Crippen LogP contribution in [0.25, 0.3) is 22.4 Å². The number of nitrogens with zero attached hydrogens (tertiary/aromatic N) is 3. The molecule has 0 atom stereocenters. The van der Waals surface area contributed by atoms with Crippen LogP contribution in [0.15, 0.2) is 35.4 Å². The molecule has 3 aromatic heterocycles. The predicted octanol–water partition coefficient (Wildman–Crippen LogP) is 3.60. The molecule has 33 heavy (non-hydrogen) atoms. The summed E-state index contributed by atoms with van der Waals surface area (Å²) >= 11 is 0. The lowest BCUT2D eigenvalue weighted by molar-refractivity contribution is -0.143. The van der Waals surface area contributed by atoms with Crippen LogP contribution >= 0.6 is 0 Å². The lowest BCUT2D eigenvalue weighted by atomic mass is 10.1. The standard InChI is InChI=1S/C22H19F3N4O4/c1-3-33-19(31)5-4-15-12(2)29-18-9-17(28-7-6-13(10-28)11-30)14(22(23,24)25)8-16(18)27-21(32)20(29)26-15/h6-11H,3-5H2,1-2H3,(H,27,32). The Hall–Kier alpha value is -3.89. The van der Waals surface area contributed by atoms with E-state index in [2.05, 4.69) is 9.97 Å². The van der Waals surface area contributed by atoms with Crippen molar-refractivity contribution in [3.63, 3.8) is 0 Å². The SMILES string of the molecule is CCOC(=O)CCc1nc2c(=O)[nH]c3cc(C(F)(F)F)c(-n4ccc(C=O)c4)cc3n2c1C. The summed E-state index contributed by atoms with van der Waals surface area (Å²) < 4.78 is 49.1. The molecule has 0 fully saturated rings. The average molecular weight is 460 g/mol. The van der Waals surface area contributed by atoms with Crippen LogP contribution in [-0.2, 0) is 22.1 Å². The summed E-state index contributed by atoms with van der Waals surface area (Å²) in [5.41, 5.74) is -0.358.